The Kier molecular flexibility index (Phi) is 5.68. The van der Waals surface area contributed by atoms with Crippen LogP contribution in [0.5, 0.6) is 0 Å². The predicted molar refractivity (Wildman–Crippen MR) is 97.2 cm³/mol. The maximum Gasteiger partial charge on any atom is 0.405 e. The van der Waals surface area contributed by atoms with Gasteiger partial charge in [0.25, 0.3) is 5.91 Å². The summed E-state index contributed by atoms with van der Waals surface area (Å²) in [6, 6.07) is 11.3. The van der Waals surface area contributed by atoms with Gasteiger partial charge < -0.3 is 10.1 Å². The van der Waals surface area contributed by atoms with Crippen LogP contribution in [0.3, 0.4) is 0 Å². The largest absolute Gasteiger partial charge is 0.451 e. The number of hydrogen-bond donors (Lipinski definition) is 1. The number of rotatable bonds is 6. The highest BCUT2D eigenvalue weighted by Crippen LogP contribution is 2.29. The molecule has 0 radical (unpaired) electrons. The van der Waals surface area contributed by atoms with E-state index in [4.69, 9.17) is 4.74 Å². The highest BCUT2D eigenvalue weighted by Gasteiger charge is 2.28. The van der Waals surface area contributed by atoms with Gasteiger partial charge in [0.05, 0.1) is 12.2 Å². The second-order valence-corrected chi connectivity index (χ2v) is 7.06. The molecule has 2 aromatic heterocycles. The number of benzene rings is 1. The lowest BCUT2D eigenvalue weighted by Crippen LogP contribution is -2.36. The predicted octanol–water partition coefficient (Wildman–Crippen LogP) is 3.29. The molecule has 0 fully saturated rings. The van der Waals surface area contributed by atoms with Crippen molar-refractivity contribution in [1.29, 1.82) is 0 Å². The second-order valence-electron chi connectivity index (χ2n) is 6.03. The van der Waals surface area contributed by atoms with Crippen molar-refractivity contribution in [2.75, 3.05) is 13.2 Å². The Bertz CT molecular complexity index is 996. The lowest BCUT2D eigenvalue weighted by molar-refractivity contribution is -0.140. The van der Waals surface area contributed by atoms with Gasteiger partial charge in [-0.25, -0.2) is 4.79 Å². The number of aryl methyl sites for hydroxylation is 1. The zero-order chi connectivity index (χ0) is 20.3. The van der Waals surface area contributed by atoms with Gasteiger partial charge in [0.2, 0.25) is 0 Å². The first kappa shape index (κ1) is 19.9. The van der Waals surface area contributed by atoms with Crippen LogP contribution in [0.4, 0.5) is 13.2 Å². The van der Waals surface area contributed by atoms with Crippen LogP contribution in [0.15, 0.2) is 36.4 Å². The molecule has 0 unspecified atom stereocenters. The number of nitrogens with one attached hydrogen (secondary N) is 1. The van der Waals surface area contributed by atoms with E-state index in [1.165, 1.54) is 0 Å². The molecule has 10 heteroatoms. The van der Waals surface area contributed by atoms with Crippen molar-refractivity contribution >= 4 is 33.4 Å². The Labute approximate surface area is 161 Å². The van der Waals surface area contributed by atoms with Crippen molar-refractivity contribution in [3.63, 3.8) is 0 Å². The zero-order valence-electron chi connectivity index (χ0n) is 14.7. The van der Waals surface area contributed by atoms with E-state index in [1.807, 2.05) is 37.3 Å². The maximum atomic E-state index is 12.2. The number of fused-ring (bicyclic) bond motifs is 1. The number of hydrogen-bond acceptors (Lipinski definition) is 5. The van der Waals surface area contributed by atoms with E-state index in [1.54, 1.807) is 16.1 Å². The molecule has 6 nitrogen and oxygen atoms in total. The average Bonchev–Trinajstić information content (AvgIpc) is 3.20. The van der Waals surface area contributed by atoms with Gasteiger partial charge in [-0.1, -0.05) is 30.3 Å². The number of aromatic nitrogens is 2. The van der Waals surface area contributed by atoms with E-state index in [-0.39, 0.29) is 4.88 Å². The molecular weight excluding hydrogens is 395 g/mol. The van der Waals surface area contributed by atoms with E-state index in [2.05, 4.69) is 5.10 Å². The van der Waals surface area contributed by atoms with Crippen molar-refractivity contribution in [3.8, 4) is 0 Å². The summed E-state index contributed by atoms with van der Waals surface area (Å²) in [5.74, 6) is -1.78. The SMILES string of the molecule is Cc1nn(Cc2ccccc2)c2sc(C(=O)OCC(=O)NCC(F)(F)F)cc12. The first-order valence-corrected chi connectivity index (χ1v) is 9.06. The zero-order valence-corrected chi connectivity index (χ0v) is 15.6. The summed E-state index contributed by atoms with van der Waals surface area (Å²) in [6.07, 6.45) is -4.52. The lowest BCUT2D eigenvalue weighted by atomic mass is 10.2. The van der Waals surface area contributed by atoms with Gasteiger partial charge in [-0.3, -0.25) is 9.48 Å². The molecule has 1 aromatic carbocycles. The Morgan fingerprint density at radius 1 is 1.25 bits per heavy atom. The Morgan fingerprint density at radius 3 is 2.64 bits per heavy atom. The summed E-state index contributed by atoms with van der Waals surface area (Å²) >= 11 is 1.16. The fourth-order valence-corrected chi connectivity index (χ4v) is 3.58. The van der Waals surface area contributed by atoms with Crippen LogP contribution in [0.2, 0.25) is 0 Å². The lowest BCUT2D eigenvalue weighted by Gasteiger charge is -2.08. The van der Waals surface area contributed by atoms with Gasteiger partial charge in [0.1, 0.15) is 16.3 Å². The molecule has 1 amide bonds. The van der Waals surface area contributed by atoms with Gasteiger partial charge in [-0.05, 0) is 18.6 Å². The van der Waals surface area contributed by atoms with Crippen LogP contribution >= 0.6 is 11.3 Å². The second kappa shape index (κ2) is 8.01. The third-order valence-corrected chi connectivity index (χ3v) is 4.93. The third kappa shape index (κ3) is 4.89. The first-order chi connectivity index (χ1) is 13.2. The number of thiophene rings is 1. The first-order valence-electron chi connectivity index (χ1n) is 8.24. The number of carbonyl (C=O) groups is 2. The van der Waals surface area contributed by atoms with Gasteiger partial charge in [0.15, 0.2) is 6.61 Å². The number of halogens is 3. The van der Waals surface area contributed by atoms with E-state index >= 15 is 0 Å². The molecule has 0 saturated heterocycles. The Hall–Kier alpha value is -2.88. The molecule has 0 aliphatic carbocycles. The van der Waals surface area contributed by atoms with Gasteiger partial charge in [0, 0.05) is 5.39 Å². The quantitative estimate of drug-likeness (QED) is 0.632. The van der Waals surface area contributed by atoms with Crippen LogP contribution in [0, 0.1) is 6.92 Å². The number of alkyl halides is 3. The molecule has 2 heterocycles. The minimum Gasteiger partial charge on any atom is -0.451 e. The molecule has 0 saturated carbocycles. The summed E-state index contributed by atoms with van der Waals surface area (Å²) in [5, 5.41) is 6.90. The minimum absolute atomic E-state index is 0.251. The van der Waals surface area contributed by atoms with Crippen molar-refractivity contribution < 1.29 is 27.5 Å². The standard InChI is InChI=1S/C18H16F3N3O3S/c1-11-13-7-14(17(26)27-9-15(25)22-10-18(19,20)21)28-16(13)24(23-11)8-12-5-3-2-4-6-12/h2-7H,8-10H2,1H3,(H,22,25). The maximum absolute atomic E-state index is 12.2. The molecule has 0 aliphatic heterocycles. The normalized spacial score (nSPS) is 11.6. The van der Waals surface area contributed by atoms with Crippen molar-refractivity contribution in [2.24, 2.45) is 0 Å². The molecule has 28 heavy (non-hydrogen) atoms. The van der Waals surface area contributed by atoms with Crippen molar-refractivity contribution in [2.45, 2.75) is 19.6 Å². The van der Waals surface area contributed by atoms with Crippen molar-refractivity contribution in [1.82, 2.24) is 15.1 Å². The van der Waals surface area contributed by atoms with Gasteiger partial charge in [-0.2, -0.15) is 18.3 Å². The van der Waals surface area contributed by atoms with E-state index in [0.29, 0.717) is 6.54 Å². The number of nitrogens with zero attached hydrogens (tertiary/aromatic N) is 2. The summed E-state index contributed by atoms with van der Waals surface area (Å²) in [7, 11) is 0. The number of amides is 1. The minimum atomic E-state index is -4.52. The molecular formula is C18H16F3N3O3S. The smallest absolute Gasteiger partial charge is 0.405 e. The fourth-order valence-electron chi connectivity index (χ4n) is 2.53. The monoisotopic (exact) mass is 411 g/mol. The molecule has 0 atom stereocenters. The summed E-state index contributed by atoms with van der Waals surface area (Å²) < 4.78 is 42.8. The van der Waals surface area contributed by atoms with Crippen LogP contribution in [0.1, 0.15) is 20.9 Å². The van der Waals surface area contributed by atoms with Crippen LogP contribution in [-0.2, 0) is 16.1 Å². The molecule has 0 bridgehead atoms. The number of carbonyl (C=O) groups excluding carboxylic acids is 2. The third-order valence-electron chi connectivity index (χ3n) is 3.80. The van der Waals surface area contributed by atoms with Crippen LogP contribution < -0.4 is 5.32 Å². The highest BCUT2D eigenvalue weighted by molar-refractivity contribution is 7.20. The van der Waals surface area contributed by atoms with E-state index in [0.717, 1.165) is 32.8 Å². The number of esters is 1. The molecule has 1 N–H and O–H groups in total. The number of ether oxygens (including phenoxy) is 1. The fraction of sp³-hybridized carbons (Fsp3) is 0.278. The van der Waals surface area contributed by atoms with Gasteiger partial charge in [-0.15, -0.1) is 11.3 Å². The van der Waals surface area contributed by atoms with Crippen LogP contribution in [0.25, 0.3) is 10.2 Å². The molecule has 3 rings (SSSR count). The summed E-state index contributed by atoms with van der Waals surface area (Å²) in [5.41, 5.74) is 1.79. The Balaban J connectivity index is 1.67. The highest BCUT2D eigenvalue weighted by atomic mass is 32.1. The van der Waals surface area contributed by atoms with E-state index < -0.39 is 31.2 Å². The van der Waals surface area contributed by atoms with Crippen LogP contribution in [-0.4, -0.2) is 41.0 Å². The summed E-state index contributed by atoms with van der Waals surface area (Å²) in [4.78, 5) is 24.5. The molecule has 0 aliphatic rings. The Morgan fingerprint density at radius 2 is 1.96 bits per heavy atom. The van der Waals surface area contributed by atoms with Gasteiger partial charge >= 0.3 is 12.1 Å². The molecule has 3 aromatic rings. The molecule has 148 valence electrons. The van der Waals surface area contributed by atoms with Crippen molar-refractivity contribution in [3.05, 3.63) is 52.5 Å². The molecule has 0 spiro atoms. The topological polar surface area (TPSA) is 73.2 Å². The average molecular weight is 411 g/mol. The summed E-state index contributed by atoms with van der Waals surface area (Å²) in [6.45, 7) is 0.0926. The van der Waals surface area contributed by atoms with E-state index in [9.17, 15) is 22.8 Å².